The first-order valence-electron chi connectivity index (χ1n) is 7.15. The van der Waals surface area contributed by atoms with Crippen LogP contribution in [-0.2, 0) is 0 Å². The second kappa shape index (κ2) is 5.52. The van der Waals surface area contributed by atoms with Crippen molar-refractivity contribution < 1.29 is 0 Å². The molecule has 0 saturated heterocycles. The van der Waals surface area contributed by atoms with E-state index in [0.29, 0.717) is 16.1 Å². The van der Waals surface area contributed by atoms with E-state index < -0.39 is 0 Å². The highest BCUT2D eigenvalue weighted by molar-refractivity contribution is 9.10. The van der Waals surface area contributed by atoms with Gasteiger partial charge in [0.2, 0.25) is 0 Å². The summed E-state index contributed by atoms with van der Waals surface area (Å²) in [6, 6.07) is 21.1. The summed E-state index contributed by atoms with van der Waals surface area (Å²) in [5, 5.41) is 3.19. The van der Waals surface area contributed by atoms with Gasteiger partial charge >= 0.3 is 0 Å². The minimum Gasteiger partial charge on any atom is -0.275 e. The van der Waals surface area contributed by atoms with Crippen LogP contribution in [0.4, 0.5) is 0 Å². The van der Waals surface area contributed by atoms with Crippen molar-refractivity contribution in [3.8, 4) is 5.69 Å². The number of pyridine rings is 1. The van der Waals surface area contributed by atoms with Gasteiger partial charge in [0.25, 0.3) is 5.56 Å². The van der Waals surface area contributed by atoms with Crippen LogP contribution in [0.25, 0.3) is 27.4 Å². The maximum absolute atomic E-state index is 13.1. The topological polar surface area (TPSA) is 22.0 Å². The second-order valence-corrected chi connectivity index (χ2v) is 6.51. The van der Waals surface area contributed by atoms with Crippen LogP contribution in [0.2, 0.25) is 5.02 Å². The molecule has 1 heterocycles. The molecule has 0 N–H and O–H groups in total. The summed E-state index contributed by atoms with van der Waals surface area (Å²) < 4.78 is 2.45. The highest BCUT2D eigenvalue weighted by Gasteiger charge is 2.14. The number of nitrogens with zero attached hydrogens (tertiary/aromatic N) is 1. The Bertz CT molecular complexity index is 1120. The third-order valence-electron chi connectivity index (χ3n) is 3.97. The molecule has 0 aliphatic heterocycles. The molecule has 0 bridgehead atoms. The molecule has 0 amide bonds. The normalized spacial score (nSPS) is 11.2. The molecule has 3 aromatic carbocycles. The summed E-state index contributed by atoms with van der Waals surface area (Å²) in [7, 11) is 0. The molecule has 0 radical (unpaired) electrons. The Kier molecular flexibility index (Phi) is 3.47. The first kappa shape index (κ1) is 14.5. The molecule has 1 aromatic heterocycles. The molecule has 23 heavy (non-hydrogen) atoms. The van der Waals surface area contributed by atoms with E-state index in [-0.39, 0.29) is 5.56 Å². The van der Waals surface area contributed by atoms with E-state index in [4.69, 9.17) is 11.6 Å². The van der Waals surface area contributed by atoms with Crippen LogP contribution < -0.4 is 5.56 Å². The predicted octanol–water partition coefficient (Wildman–Crippen LogP) is 5.56. The first-order chi connectivity index (χ1) is 11.2. The second-order valence-electron chi connectivity index (χ2n) is 5.28. The van der Waals surface area contributed by atoms with E-state index in [1.165, 1.54) is 0 Å². The molecule has 4 aromatic rings. The van der Waals surface area contributed by atoms with E-state index in [2.05, 4.69) is 15.9 Å². The molecule has 0 aliphatic carbocycles. The lowest BCUT2D eigenvalue weighted by molar-refractivity contribution is 1.06. The Labute approximate surface area is 146 Å². The highest BCUT2D eigenvalue weighted by Crippen LogP contribution is 2.31. The van der Waals surface area contributed by atoms with Crippen LogP contribution in [0.1, 0.15) is 0 Å². The van der Waals surface area contributed by atoms with Gasteiger partial charge in [-0.2, -0.15) is 0 Å². The summed E-state index contributed by atoms with van der Waals surface area (Å²) in [5.74, 6) is 0. The summed E-state index contributed by atoms with van der Waals surface area (Å²) >= 11 is 9.88. The van der Waals surface area contributed by atoms with Crippen LogP contribution in [-0.4, -0.2) is 4.57 Å². The van der Waals surface area contributed by atoms with Crippen molar-refractivity contribution in [2.75, 3.05) is 0 Å². The molecule has 0 aliphatic rings. The Morgan fingerprint density at radius 1 is 0.783 bits per heavy atom. The Morgan fingerprint density at radius 3 is 2.22 bits per heavy atom. The summed E-state index contributed by atoms with van der Waals surface area (Å²) in [4.78, 5) is 13.1. The molecule has 4 heteroatoms. The molecular weight excluding hydrogens is 374 g/mol. The molecule has 0 fully saturated rings. The van der Waals surface area contributed by atoms with Crippen LogP contribution >= 0.6 is 27.5 Å². The number of fused-ring (bicyclic) bond motifs is 3. The largest absolute Gasteiger partial charge is 0.275 e. The molecular formula is C19H11BrClNO. The zero-order valence-corrected chi connectivity index (χ0v) is 14.3. The standard InChI is InChI=1S/C19H11BrClNO/c20-15-9-5-11-17(18(15)21)22-16-10-4-3-7-13(16)12-6-1-2-8-14(12)19(22)23/h1-11H. The van der Waals surface area contributed by atoms with Gasteiger partial charge < -0.3 is 0 Å². The van der Waals surface area contributed by atoms with Gasteiger partial charge in [0.05, 0.1) is 16.2 Å². The number of hydrogen-bond acceptors (Lipinski definition) is 1. The number of aromatic nitrogens is 1. The van der Waals surface area contributed by atoms with Crippen molar-refractivity contribution >= 4 is 49.2 Å². The lowest BCUT2D eigenvalue weighted by Crippen LogP contribution is -2.19. The Balaban J connectivity index is 2.28. The molecule has 112 valence electrons. The van der Waals surface area contributed by atoms with Crippen molar-refractivity contribution in [1.82, 2.24) is 4.57 Å². The number of benzene rings is 3. The number of para-hydroxylation sites is 1. The van der Waals surface area contributed by atoms with Gasteiger partial charge in [-0.05, 0) is 45.6 Å². The van der Waals surface area contributed by atoms with Crippen molar-refractivity contribution in [2.24, 2.45) is 0 Å². The average molecular weight is 385 g/mol. The quantitative estimate of drug-likeness (QED) is 0.394. The fourth-order valence-corrected chi connectivity index (χ4v) is 3.50. The molecule has 2 nitrogen and oxygen atoms in total. The Hall–Kier alpha value is -2.10. The third kappa shape index (κ3) is 2.19. The van der Waals surface area contributed by atoms with Crippen LogP contribution in [0.5, 0.6) is 0 Å². The number of hydrogen-bond donors (Lipinski definition) is 0. The van der Waals surface area contributed by atoms with E-state index in [1.54, 1.807) is 4.57 Å². The lowest BCUT2D eigenvalue weighted by Gasteiger charge is -2.15. The van der Waals surface area contributed by atoms with Gasteiger partial charge in [0.15, 0.2) is 0 Å². The van der Waals surface area contributed by atoms with Crippen molar-refractivity contribution in [1.29, 1.82) is 0 Å². The summed E-state index contributed by atoms with van der Waals surface area (Å²) in [6.07, 6.45) is 0. The van der Waals surface area contributed by atoms with Crippen molar-refractivity contribution in [3.63, 3.8) is 0 Å². The average Bonchev–Trinajstić information content (AvgIpc) is 2.59. The lowest BCUT2D eigenvalue weighted by atomic mass is 10.1. The van der Waals surface area contributed by atoms with Gasteiger partial charge in [0.1, 0.15) is 0 Å². The van der Waals surface area contributed by atoms with Crippen molar-refractivity contribution in [2.45, 2.75) is 0 Å². The van der Waals surface area contributed by atoms with Gasteiger partial charge in [0, 0.05) is 15.2 Å². The summed E-state index contributed by atoms with van der Waals surface area (Å²) in [5.41, 5.74) is 1.45. The zero-order valence-electron chi connectivity index (χ0n) is 12.0. The van der Waals surface area contributed by atoms with Crippen LogP contribution in [0.15, 0.2) is 76.0 Å². The van der Waals surface area contributed by atoms with Gasteiger partial charge in [-0.3, -0.25) is 9.36 Å². The fraction of sp³-hybridized carbons (Fsp3) is 0. The monoisotopic (exact) mass is 383 g/mol. The number of halogens is 2. The molecule has 0 saturated carbocycles. The van der Waals surface area contributed by atoms with Crippen LogP contribution in [0, 0.1) is 0 Å². The maximum atomic E-state index is 13.1. The van der Waals surface area contributed by atoms with E-state index in [0.717, 1.165) is 20.8 Å². The Morgan fingerprint density at radius 2 is 1.43 bits per heavy atom. The van der Waals surface area contributed by atoms with Crippen LogP contribution in [0.3, 0.4) is 0 Å². The number of rotatable bonds is 1. The molecule has 0 spiro atoms. The fourth-order valence-electron chi connectivity index (χ4n) is 2.93. The van der Waals surface area contributed by atoms with E-state index in [9.17, 15) is 4.79 Å². The predicted molar refractivity (Wildman–Crippen MR) is 99.8 cm³/mol. The minimum absolute atomic E-state index is 0.0701. The van der Waals surface area contributed by atoms with Gasteiger partial charge in [-0.15, -0.1) is 0 Å². The van der Waals surface area contributed by atoms with Gasteiger partial charge in [-0.1, -0.05) is 54.1 Å². The van der Waals surface area contributed by atoms with Crippen molar-refractivity contribution in [3.05, 3.63) is 86.6 Å². The smallest absolute Gasteiger partial charge is 0.263 e. The first-order valence-corrected chi connectivity index (χ1v) is 8.32. The van der Waals surface area contributed by atoms with Gasteiger partial charge in [-0.25, -0.2) is 0 Å². The molecule has 0 atom stereocenters. The van der Waals surface area contributed by atoms with E-state index >= 15 is 0 Å². The zero-order chi connectivity index (χ0) is 16.0. The molecule has 4 rings (SSSR count). The third-order valence-corrected chi connectivity index (χ3v) is 5.25. The SMILES string of the molecule is O=c1c2ccccc2c2ccccc2n1-c1cccc(Br)c1Cl. The minimum atomic E-state index is -0.0701. The molecule has 0 unspecified atom stereocenters. The van der Waals surface area contributed by atoms with E-state index in [1.807, 2.05) is 66.7 Å². The highest BCUT2D eigenvalue weighted by atomic mass is 79.9. The summed E-state index contributed by atoms with van der Waals surface area (Å²) in [6.45, 7) is 0. The maximum Gasteiger partial charge on any atom is 0.263 e.